The number of rotatable bonds is 11. The summed E-state index contributed by atoms with van der Waals surface area (Å²) in [6, 6.07) is 12.2. The second-order valence-corrected chi connectivity index (χ2v) is 5.75. The van der Waals surface area contributed by atoms with Crippen LogP contribution in [0, 0.1) is 0 Å². The zero-order valence-electron chi connectivity index (χ0n) is 15.5. The van der Waals surface area contributed by atoms with E-state index in [0.717, 1.165) is 46.6 Å². The van der Waals surface area contributed by atoms with Crippen LogP contribution in [0.4, 0.5) is 0 Å². The van der Waals surface area contributed by atoms with E-state index in [-0.39, 0.29) is 13.6 Å². The normalized spacial score (nSPS) is 10.4. The van der Waals surface area contributed by atoms with Crippen molar-refractivity contribution in [1.82, 2.24) is 0 Å². The van der Waals surface area contributed by atoms with E-state index in [0.29, 0.717) is 0 Å². The molecule has 0 bridgehead atoms. The van der Waals surface area contributed by atoms with Gasteiger partial charge in [0.1, 0.15) is 11.5 Å². The van der Waals surface area contributed by atoms with Crippen LogP contribution in [0.5, 0.6) is 11.5 Å². The molecule has 0 aromatic heterocycles. The molecule has 0 aliphatic heterocycles. The van der Waals surface area contributed by atoms with Gasteiger partial charge in [0.15, 0.2) is 13.6 Å². The molecule has 2 aromatic carbocycles. The average molecular weight is 354 g/mol. The minimum Gasteiger partial charge on any atom is -0.467 e. The molecule has 0 fully saturated rings. The van der Waals surface area contributed by atoms with Gasteiger partial charge in [-0.2, -0.15) is 0 Å². The van der Waals surface area contributed by atoms with E-state index >= 15 is 0 Å². The van der Waals surface area contributed by atoms with Crippen LogP contribution < -0.4 is 9.47 Å². The number of allylic oxidation sites excluding steroid dienone is 2. The Bertz CT molecular complexity index is 673. The molecule has 4 heteroatoms. The Kier molecular flexibility index (Phi) is 7.93. The summed E-state index contributed by atoms with van der Waals surface area (Å²) in [5.41, 5.74) is 4.18. The van der Waals surface area contributed by atoms with Crippen molar-refractivity contribution in [2.45, 2.75) is 12.8 Å². The van der Waals surface area contributed by atoms with Crippen molar-refractivity contribution in [3.05, 3.63) is 72.8 Å². The molecule has 4 nitrogen and oxygen atoms in total. The van der Waals surface area contributed by atoms with Crippen LogP contribution in [0.1, 0.15) is 11.1 Å². The van der Waals surface area contributed by atoms with E-state index in [1.165, 1.54) is 0 Å². The van der Waals surface area contributed by atoms with Crippen LogP contribution in [0.15, 0.2) is 61.7 Å². The molecule has 0 heterocycles. The Hall–Kier alpha value is -2.56. The van der Waals surface area contributed by atoms with Gasteiger partial charge in [0, 0.05) is 25.3 Å². The van der Waals surface area contributed by atoms with Crippen molar-refractivity contribution in [2.75, 3.05) is 27.8 Å². The summed E-state index contributed by atoms with van der Waals surface area (Å²) in [6.07, 6.45) is 5.31. The molecule has 0 N–H and O–H groups in total. The molecule has 0 atom stereocenters. The predicted octanol–water partition coefficient (Wildman–Crippen LogP) is 4.78. The van der Waals surface area contributed by atoms with Gasteiger partial charge in [0.2, 0.25) is 0 Å². The molecule has 0 amide bonds. The third-order valence-electron chi connectivity index (χ3n) is 3.80. The van der Waals surface area contributed by atoms with Crippen molar-refractivity contribution in [3.8, 4) is 22.6 Å². The van der Waals surface area contributed by atoms with Gasteiger partial charge in [-0.25, -0.2) is 0 Å². The van der Waals surface area contributed by atoms with Crippen molar-refractivity contribution in [2.24, 2.45) is 0 Å². The molecule has 0 aliphatic carbocycles. The standard InChI is InChI=1S/C22H26O4/c1-5-7-17-9-11-21(25-15-23-3)19(13-17)20-14-18(8-6-2)10-12-22(20)26-16-24-4/h5-6,9-14H,1-2,7-8,15-16H2,3-4H3. The van der Waals surface area contributed by atoms with E-state index in [9.17, 15) is 0 Å². The van der Waals surface area contributed by atoms with E-state index in [4.69, 9.17) is 18.9 Å². The first kappa shape index (κ1) is 19.8. The van der Waals surface area contributed by atoms with Crippen LogP contribution in [0.25, 0.3) is 11.1 Å². The summed E-state index contributed by atoms with van der Waals surface area (Å²) in [5, 5.41) is 0. The van der Waals surface area contributed by atoms with Crippen molar-refractivity contribution in [1.29, 1.82) is 0 Å². The second kappa shape index (κ2) is 10.4. The van der Waals surface area contributed by atoms with Crippen molar-refractivity contribution < 1.29 is 18.9 Å². The minimum absolute atomic E-state index is 0.175. The van der Waals surface area contributed by atoms with Crippen LogP contribution in [-0.4, -0.2) is 27.8 Å². The van der Waals surface area contributed by atoms with Gasteiger partial charge in [-0.3, -0.25) is 0 Å². The first-order chi connectivity index (χ1) is 12.7. The molecular formula is C22H26O4. The SMILES string of the molecule is C=CCc1ccc(OCOC)c(-c2cc(CC=C)ccc2OCOC)c1. The lowest BCUT2D eigenvalue weighted by atomic mass is 9.97. The van der Waals surface area contributed by atoms with Gasteiger partial charge in [-0.05, 0) is 48.2 Å². The maximum Gasteiger partial charge on any atom is 0.188 e. The minimum atomic E-state index is 0.175. The highest BCUT2D eigenvalue weighted by atomic mass is 16.7. The van der Waals surface area contributed by atoms with Crippen molar-refractivity contribution >= 4 is 0 Å². The smallest absolute Gasteiger partial charge is 0.188 e. The Labute approximate surface area is 155 Å². The lowest BCUT2D eigenvalue weighted by Crippen LogP contribution is -2.03. The van der Waals surface area contributed by atoms with Gasteiger partial charge in [-0.1, -0.05) is 24.3 Å². The third kappa shape index (κ3) is 5.22. The summed E-state index contributed by atoms with van der Waals surface area (Å²) in [7, 11) is 3.20. The maximum atomic E-state index is 5.78. The maximum absolute atomic E-state index is 5.78. The first-order valence-electron chi connectivity index (χ1n) is 8.45. The number of benzene rings is 2. The Morgan fingerprint density at radius 1 is 0.731 bits per heavy atom. The topological polar surface area (TPSA) is 36.9 Å². The molecule has 0 aliphatic rings. The Morgan fingerprint density at radius 3 is 1.50 bits per heavy atom. The molecule has 0 saturated carbocycles. The van der Waals surface area contributed by atoms with E-state index in [2.05, 4.69) is 25.3 Å². The zero-order chi connectivity index (χ0) is 18.8. The average Bonchev–Trinajstić information content (AvgIpc) is 2.66. The van der Waals surface area contributed by atoms with Gasteiger partial charge >= 0.3 is 0 Å². The van der Waals surface area contributed by atoms with E-state index in [1.807, 2.05) is 36.4 Å². The molecule has 26 heavy (non-hydrogen) atoms. The van der Waals surface area contributed by atoms with Crippen LogP contribution >= 0.6 is 0 Å². The molecule has 138 valence electrons. The van der Waals surface area contributed by atoms with Gasteiger partial charge in [0.25, 0.3) is 0 Å². The lowest BCUT2D eigenvalue weighted by Gasteiger charge is -2.17. The summed E-state index contributed by atoms with van der Waals surface area (Å²) in [4.78, 5) is 0. The Balaban J connectivity index is 2.56. The van der Waals surface area contributed by atoms with Crippen LogP contribution in [0.3, 0.4) is 0 Å². The predicted molar refractivity (Wildman–Crippen MR) is 105 cm³/mol. The van der Waals surface area contributed by atoms with Gasteiger partial charge in [0.05, 0.1) is 0 Å². The van der Waals surface area contributed by atoms with Crippen LogP contribution in [-0.2, 0) is 22.3 Å². The molecular weight excluding hydrogens is 328 g/mol. The summed E-state index contributed by atoms with van der Waals surface area (Å²) < 4.78 is 21.7. The highest BCUT2D eigenvalue weighted by Crippen LogP contribution is 2.38. The molecule has 0 spiro atoms. The van der Waals surface area contributed by atoms with E-state index < -0.39 is 0 Å². The lowest BCUT2D eigenvalue weighted by molar-refractivity contribution is 0.0500. The summed E-state index contributed by atoms with van der Waals surface area (Å²) in [5.74, 6) is 1.47. The largest absolute Gasteiger partial charge is 0.467 e. The highest BCUT2D eigenvalue weighted by Gasteiger charge is 2.14. The van der Waals surface area contributed by atoms with Crippen molar-refractivity contribution in [3.63, 3.8) is 0 Å². The van der Waals surface area contributed by atoms with Crippen LogP contribution in [0.2, 0.25) is 0 Å². The molecule has 0 unspecified atom stereocenters. The monoisotopic (exact) mass is 354 g/mol. The Morgan fingerprint density at radius 2 is 1.15 bits per heavy atom. The third-order valence-corrected chi connectivity index (χ3v) is 3.80. The van der Waals surface area contributed by atoms with Gasteiger partial charge < -0.3 is 18.9 Å². The summed E-state index contributed by atoms with van der Waals surface area (Å²) in [6.45, 7) is 8.00. The molecule has 0 radical (unpaired) electrons. The molecule has 2 aromatic rings. The fourth-order valence-electron chi connectivity index (χ4n) is 2.66. The molecule has 0 saturated heterocycles. The highest BCUT2D eigenvalue weighted by molar-refractivity contribution is 5.77. The van der Waals surface area contributed by atoms with Gasteiger partial charge in [-0.15, -0.1) is 13.2 Å². The second-order valence-electron chi connectivity index (χ2n) is 5.75. The fourth-order valence-corrected chi connectivity index (χ4v) is 2.66. The number of methoxy groups -OCH3 is 2. The first-order valence-corrected chi connectivity index (χ1v) is 8.45. The number of ether oxygens (including phenoxy) is 4. The quantitative estimate of drug-likeness (QED) is 0.430. The zero-order valence-corrected chi connectivity index (χ0v) is 15.5. The number of hydrogen-bond donors (Lipinski definition) is 0. The fraction of sp³-hybridized carbons (Fsp3) is 0.273. The molecule has 2 rings (SSSR count). The summed E-state index contributed by atoms with van der Waals surface area (Å²) >= 11 is 0. The number of hydrogen-bond acceptors (Lipinski definition) is 4. The van der Waals surface area contributed by atoms with E-state index in [1.54, 1.807) is 14.2 Å².